The number of carbonyl (C=O) groups is 1. The van der Waals surface area contributed by atoms with Crippen molar-refractivity contribution in [1.29, 1.82) is 0 Å². The first-order valence-electron chi connectivity index (χ1n) is 8.49. The summed E-state index contributed by atoms with van der Waals surface area (Å²) in [4.78, 5) is 11.5. The Bertz CT molecular complexity index is 612. The van der Waals surface area contributed by atoms with Gasteiger partial charge in [-0.05, 0) is 74.6 Å². The molecule has 1 saturated carbocycles. The first-order chi connectivity index (χ1) is 11.2. The Kier molecular flexibility index (Phi) is 4.89. The number of methoxy groups -OCH3 is 1. The second-order valence-electron chi connectivity index (χ2n) is 6.36. The average Bonchev–Trinajstić information content (AvgIpc) is 3.08. The minimum absolute atomic E-state index is 0.249. The highest BCUT2D eigenvalue weighted by Crippen LogP contribution is 2.38. The van der Waals surface area contributed by atoms with Crippen molar-refractivity contribution in [3.63, 3.8) is 0 Å². The molecule has 0 radical (unpaired) electrons. The molecule has 2 aliphatic rings. The third-order valence-corrected chi connectivity index (χ3v) is 4.83. The Morgan fingerprint density at radius 2 is 1.83 bits per heavy atom. The Morgan fingerprint density at radius 3 is 2.52 bits per heavy atom. The lowest BCUT2D eigenvalue weighted by molar-refractivity contribution is -0.132. The standard InChI is InChI=1S/C19H24O4/c1-22-17-11-10-13(12-18(17)23-14-6-2-3-7-14)15-8-4-5-9-16(15)19(20)21/h10-12,14H,2-9H2,1H3,(H,20,21). The van der Waals surface area contributed by atoms with Gasteiger partial charge in [0, 0.05) is 5.57 Å². The summed E-state index contributed by atoms with van der Waals surface area (Å²) in [5.41, 5.74) is 2.45. The van der Waals surface area contributed by atoms with Gasteiger partial charge in [-0.25, -0.2) is 4.79 Å². The van der Waals surface area contributed by atoms with Crippen molar-refractivity contribution in [1.82, 2.24) is 0 Å². The van der Waals surface area contributed by atoms with Gasteiger partial charge in [-0.1, -0.05) is 6.07 Å². The molecule has 0 heterocycles. The molecule has 0 bridgehead atoms. The lowest BCUT2D eigenvalue weighted by atomic mass is 9.87. The number of aliphatic carboxylic acids is 1. The van der Waals surface area contributed by atoms with E-state index in [0.29, 0.717) is 17.7 Å². The van der Waals surface area contributed by atoms with E-state index in [0.717, 1.165) is 49.0 Å². The van der Waals surface area contributed by atoms with Crippen molar-refractivity contribution in [3.05, 3.63) is 29.3 Å². The van der Waals surface area contributed by atoms with Crippen LogP contribution in [0.15, 0.2) is 23.8 Å². The zero-order valence-electron chi connectivity index (χ0n) is 13.6. The average molecular weight is 316 g/mol. The molecule has 0 spiro atoms. The Balaban J connectivity index is 1.94. The van der Waals surface area contributed by atoms with Crippen LogP contribution in [0.3, 0.4) is 0 Å². The van der Waals surface area contributed by atoms with Gasteiger partial charge in [-0.3, -0.25) is 0 Å². The molecule has 4 heteroatoms. The Morgan fingerprint density at radius 1 is 1.09 bits per heavy atom. The van der Waals surface area contributed by atoms with Gasteiger partial charge >= 0.3 is 5.97 Å². The van der Waals surface area contributed by atoms with Crippen LogP contribution in [-0.2, 0) is 4.79 Å². The number of rotatable bonds is 5. The molecule has 1 N–H and O–H groups in total. The van der Waals surface area contributed by atoms with E-state index in [1.54, 1.807) is 7.11 Å². The largest absolute Gasteiger partial charge is 0.493 e. The number of carboxylic acids is 1. The summed E-state index contributed by atoms with van der Waals surface area (Å²) in [6, 6.07) is 5.80. The summed E-state index contributed by atoms with van der Waals surface area (Å²) < 4.78 is 11.5. The van der Waals surface area contributed by atoms with E-state index < -0.39 is 5.97 Å². The molecule has 1 aromatic rings. The van der Waals surface area contributed by atoms with E-state index in [2.05, 4.69) is 0 Å². The van der Waals surface area contributed by atoms with Crippen LogP contribution >= 0.6 is 0 Å². The van der Waals surface area contributed by atoms with Gasteiger partial charge in [-0.2, -0.15) is 0 Å². The van der Waals surface area contributed by atoms with Gasteiger partial charge < -0.3 is 14.6 Å². The Labute approximate surface area is 137 Å². The lowest BCUT2D eigenvalue weighted by Gasteiger charge is -2.21. The van der Waals surface area contributed by atoms with Gasteiger partial charge in [0.05, 0.1) is 13.2 Å². The topological polar surface area (TPSA) is 55.8 Å². The van der Waals surface area contributed by atoms with Crippen LogP contribution in [0.5, 0.6) is 11.5 Å². The van der Waals surface area contributed by atoms with Gasteiger partial charge in [0.2, 0.25) is 0 Å². The highest BCUT2D eigenvalue weighted by atomic mass is 16.5. The minimum atomic E-state index is -0.797. The fraction of sp³-hybridized carbons (Fsp3) is 0.526. The van der Waals surface area contributed by atoms with E-state index in [-0.39, 0.29) is 6.10 Å². The maximum atomic E-state index is 11.5. The number of hydrogen-bond donors (Lipinski definition) is 1. The van der Waals surface area contributed by atoms with Crippen molar-refractivity contribution in [2.24, 2.45) is 0 Å². The number of allylic oxidation sites excluding steroid dienone is 1. The normalized spacial score (nSPS) is 19.0. The molecule has 2 aliphatic carbocycles. The first-order valence-corrected chi connectivity index (χ1v) is 8.49. The van der Waals surface area contributed by atoms with Crippen LogP contribution < -0.4 is 9.47 Å². The first kappa shape index (κ1) is 15.9. The van der Waals surface area contributed by atoms with E-state index in [1.807, 2.05) is 18.2 Å². The molecule has 0 unspecified atom stereocenters. The third kappa shape index (κ3) is 3.52. The van der Waals surface area contributed by atoms with Crippen LogP contribution in [0.1, 0.15) is 56.9 Å². The molecule has 1 aromatic carbocycles. The van der Waals surface area contributed by atoms with Crippen LogP contribution in [0, 0.1) is 0 Å². The van der Waals surface area contributed by atoms with E-state index in [1.165, 1.54) is 12.8 Å². The fourth-order valence-electron chi connectivity index (χ4n) is 3.60. The predicted octanol–water partition coefficient (Wildman–Crippen LogP) is 4.43. The summed E-state index contributed by atoms with van der Waals surface area (Å²) in [7, 11) is 1.64. The lowest BCUT2D eigenvalue weighted by Crippen LogP contribution is -2.12. The van der Waals surface area contributed by atoms with E-state index in [9.17, 15) is 9.90 Å². The summed E-state index contributed by atoms with van der Waals surface area (Å²) in [6.45, 7) is 0. The second-order valence-corrected chi connectivity index (χ2v) is 6.36. The Hall–Kier alpha value is -1.97. The smallest absolute Gasteiger partial charge is 0.331 e. The molecule has 0 saturated heterocycles. The monoisotopic (exact) mass is 316 g/mol. The van der Waals surface area contributed by atoms with E-state index >= 15 is 0 Å². The molecule has 0 amide bonds. The molecule has 23 heavy (non-hydrogen) atoms. The van der Waals surface area contributed by atoms with Crippen molar-refractivity contribution in [2.45, 2.75) is 57.5 Å². The van der Waals surface area contributed by atoms with Gasteiger partial charge in [0.1, 0.15) is 0 Å². The minimum Gasteiger partial charge on any atom is -0.493 e. The van der Waals surface area contributed by atoms with Crippen LogP contribution in [0.2, 0.25) is 0 Å². The summed E-state index contributed by atoms with van der Waals surface area (Å²) in [6.07, 6.45) is 8.28. The van der Waals surface area contributed by atoms with Crippen molar-refractivity contribution in [2.75, 3.05) is 7.11 Å². The number of ether oxygens (including phenoxy) is 2. The summed E-state index contributed by atoms with van der Waals surface area (Å²) in [5, 5.41) is 9.46. The summed E-state index contributed by atoms with van der Waals surface area (Å²) in [5.74, 6) is 0.655. The fourth-order valence-corrected chi connectivity index (χ4v) is 3.60. The molecule has 4 nitrogen and oxygen atoms in total. The van der Waals surface area contributed by atoms with Crippen LogP contribution in [0.25, 0.3) is 5.57 Å². The van der Waals surface area contributed by atoms with Crippen molar-refractivity contribution < 1.29 is 19.4 Å². The maximum absolute atomic E-state index is 11.5. The van der Waals surface area contributed by atoms with Crippen molar-refractivity contribution in [3.8, 4) is 11.5 Å². The molecule has 0 aliphatic heterocycles. The molecular formula is C19H24O4. The van der Waals surface area contributed by atoms with E-state index in [4.69, 9.17) is 9.47 Å². The van der Waals surface area contributed by atoms with Gasteiger partial charge in [-0.15, -0.1) is 0 Å². The third-order valence-electron chi connectivity index (χ3n) is 4.83. The molecule has 0 atom stereocenters. The van der Waals surface area contributed by atoms with Gasteiger partial charge in [0.25, 0.3) is 0 Å². The van der Waals surface area contributed by atoms with Crippen LogP contribution in [-0.4, -0.2) is 24.3 Å². The zero-order chi connectivity index (χ0) is 16.2. The molecule has 124 valence electrons. The zero-order valence-corrected chi connectivity index (χ0v) is 13.6. The highest BCUT2D eigenvalue weighted by molar-refractivity contribution is 5.97. The highest BCUT2D eigenvalue weighted by Gasteiger charge is 2.22. The maximum Gasteiger partial charge on any atom is 0.331 e. The number of benzene rings is 1. The molecule has 0 aromatic heterocycles. The van der Waals surface area contributed by atoms with Gasteiger partial charge in [0.15, 0.2) is 11.5 Å². The summed E-state index contributed by atoms with van der Waals surface area (Å²) >= 11 is 0. The van der Waals surface area contributed by atoms with Crippen molar-refractivity contribution >= 4 is 11.5 Å². The molecule has 3 rings (SSSR count). The predicted molar refractivity (Wildman–Crippen MR) is 88.9 cm³/mol. The SMILES string of the molecule is COc1ccc(C2=C(C(=O)O)CCCC2)cc1OC1CCCC1. The molecular weight excluding hydrogens is 292 g/mol. The molecule has 1 fully saturated rings. The number of hydrogen-bond acceptors (Lipinski definition) is 3. The number of carboxylic acid groups (broad SMARTS) is 1. The van der Waals surface area contributed by atoms with Crippen LogP contribution in [0.4, 0.5) is 0 Å². The quantitative estimate of drug-likeness (QED) is 0.873. The second kappa shape index (κ2) is 7.07.